The number of aromatic nitrogens is 3. The Bertz CT molecular complexity index is 2090. The highest BCUT2D eigenvalue weighted by molar-refractivity contribution is 9.10. The monoisotopic (exact) mass is 727 g/mol. The summed E-state index contributed by atoms with van der Waals surface area (Å²) < 4.78 is 1.98. The maximum atomic E-state index is 13.3. The number of carboxylic acid groups (broad SMARTS) is 1. The van der Waals surface area contributed by atoms with Crippen molar-refractivity contribution in [1.82, 2.24) is 25.4 Å². The molecule has 10 nitrogen and oxygen atoms in total. The van der Waals surface area contributed by atoms with Gasteiger partial charge < -0.3 is 20.8 Å². The molecule has 0 atom stereocenters. The van der Waals surface area contributed by atoms with Crippen LogP contribution >= 0.6 is 15.9 Å². The van der Waals surface area contributed by atoms with Crippen LogP contribution in [0, 0.1) is 0 Å². The number of carboxylic acids is 1. The van der Waals surface area contributed by atoms with Crippen molar-refractivity contribution in [2.24, 2.45) is 0 Å². The zero-order chi connectivity index (χ0) is 35.1. The van der Waals surface area contributed by atoms with Gasteiger partial charge in [-0.1, -0.05) is 103 Å². The van der Waals surface area contributed by atoms with Crippen molar-refractivity contribution in [2.75, 3.05) is 0 Å². The molecule has 4 N–H and O–H groups in total. The average Bonchev–Trinajstić information content (AvgIpc) is 3.60. The number of aliphatic carboxylic acids is 1. The predicted octanol–water partition coefficient (Wildman–Crippen LogP) is 6.37. The molecular weight excluding hydrogens is 698 g/mol. The van der Waals surface area contributed by atoms with E-state index in [-0.39, 0.29) is 33.7 Å². The van der Waals surface area contributed by atoms with E-state index in [9.17, 15) is 24.6 Å². The first kappa shape index (κ1) is 33.6. The number of nitrogens with one attached hydrogen (secondary N) is 2. The number of hydrogen-bond donors (Lipinski definition) is 4. The van der Waals surface area contributed by atoms with E-state index in [1.807, 2.05) is 91.0 Å². The van der Waals surface area contributed by atoms with Gasteiger partial charge in [-0.05, 0) is 68.5 Å². The van der Waals surface area contributed by atoms with E-state index in [1.165, 1.54) is 30.3 Å². The number of phenolic OH excluding ortho intramolecular Hbond substituents is 1. The second kappa shape index (κ2) is 14.8. The van der Waals surface area contributed by atoms with Crippen molar-refractivity contribution in [2.45, 2.75) is 12.1 Å². The van der Waals surface area contributed by atoms with Crippen LogP contribution in [-0.4, -0.2) is 42.8 Å². The minimum atomic E-state index is -1.39. The first-order valence-corrected chi connectivity index (χ1v) is 16.3. The number of phenols is 1. The Balaban J connectivity index is 1.28. The molecule has 6 rings (SSSR count). The number of carbonyl (C=O) groups excluding carboxylic acids is 2. The van der Waals surface area contributed by atoms with Gasteiger partial charge in [0, 0.05) is 22.7 Å². The summed E-state index contributed by atoms with van der Waals surface area (Å²) in [5.74, 6) is -2.36. The Morgan fingerprint density at radius 2 is 1.36 bits per heavy atom. The van der Waals surface area contributed by atoms with E-state index in [1.54, 1.807) is 29.2 Å². The number of hydrogen-bond acceptors (Lipinski definition) is 6. The Hall–Kier alpha value is -6.33. The van der Waals surface area contributed by atoms with Crippen LogP contribution in [0.5, 0.6) is 5.75 Å². The summed E-state index contributed by atoms with van der Waals surface area (Å²) in [6.45, 7) is 0.187. The maximum Gasteiger partial charge on any atom is 0.352 e. The molecule has 50 heavy (non-hydrogen) atoms. The minimum Gasteiger partial charge on any atom is -0.508 e. The Labute approximate surface area is 295 Å². The number of nitrogens with zero attached hydrogens (tertiary/aromatic N) is 3. The highest BCUT2D eigenvalue weighted by Gasteiger charge is 2.39. The lowest BCUT2D eigenvalue weighted by molar-refractivity contribution is -0.132. The molecule has 0 spiro atoms. The van der Waals surface area contributed by atoms with E-state index in [2.05, 4.69) is 31.5 Å². The molecule has 2 amide bonds. The van der Waals surface area contributed by atoms with Crippen molar-refractivity contribution >= 4 is 39.8 Å². The molecular formula is C39H30BrN5O5. The van der Waals surface area contributed by atoms with Gasteiger partial charge in [0.05, 0.1) is 5.56 Å². The van der Waals surface area contributed by atoms with Gasteiger partial charge >= 0.3 is 5.97 Å². The molecule has 11 heteroatoms. The van der Waals surface area contributed by atoms with Gasteiger partial charge in [0.25, 0.3) is 11.8 Å². The maximum absolute atomic E-state index is 13.3. The van der Waals surface area contributed by atoms with Crippen LogP contribution in [0.3, 0.4) is 0 Å². The minimum absolute atomic E-state index is 0.0627. The van der Waals surface area contributed by atoms with E-state index in [0.29, 0.717) is 5.56 Å². The Morgan fingerprint density at radius 3 is 1.90 bits per heavy atom. The van der Waals surface area contributed by atoms with Crippen molar-refractivity contribution in [3.05, 3.63) is 189 Å². The zero-order valence-corrected chi connectivity index (χ0v) is 28.0. The summed E-state index contributed by atoms with van der Waals surface area (Å²) in [6, 6.07) is 40.3. The smallest absolute Gasteiger partial charge is 0.352 e. The topological polar surface area (TPSA) is 146 Å². The fourth-order valence-corrected chi connectivity index (χ4v) is 6.26. The van der Waals surface area contributed by atoms with E-state index >= 15 is 0 Å². The van der Waals surface area contributed by atoms with Crippen LogP contribution in [0.2, 0.25) is 0 Å². The molecule has 0 radical (unpaired) electrons. The zero-order valence-electron chi connectivity index (χ0n) is 26.4. The van der Waals surface area contributed by atoms with Crippen LogP contribution in [0.4, 0.5) is 0 Å². The van der Waals surface area contributed by atoms with Gasteiger partial charge in [-0.2, -0.15) is 0 Å². The molecule has 0 aliphatic rings. The Kier molecular flexibility index (Phi) is 9.96. The standard InChI is InChI=1S/C39H30BrN5O5/c40-33-22-27(36(47)41-24-26-11-10-18-31(46)21-26)19-20-32(33)37(48)43-34(38(49)50)23-35-42-25-45(44-35)39(28-12-4-1-5-13-28,29-14-6-2-7-15-29)30-16-8-3-9-17-30/h1-23,25,46H,24H2,(H,41,47)(H,43,48)(H,49,50). The van der Waals surface area contributed by atoms with Gasteiger partial charge in [0.2, 0.25) is 0 Å². The first-order chi connectivity index (χ1) is 24.3. The third-order valence-corrected chi connectivity index (χ3v) is 8.68. The molecule has 0 bridgehead atoms. The lowest BCUT2D eigenvalue weighted by atomic mass is 9.77. The predicted molar refractivity (Wildman–Crippen MR) is 191 cm³/mol. The molecule has 248 valence electrons. The van der Waals surface area contributed by atoms with Crippen molar-refractivity contribution in [3.63, 3.8) is 0 Å². The van der Waals surface area contributed by atoms with Crippen LogP contribution in [-0.2, 0) is 16.9 Å². The quantitative estimate of drug-likeness (QED) is 0.0896. The molecule has 1 aromatic heterocycles. The number of aromatic hydroxyl groups is 1. The van der Waals surface area contributed by atoms with Gasteiger partial charge in [0.1, 0.15) is 23.3 Å². The van der Waals surface area contributed by atoms with Crippen LogP contribution in [0.15, 0.2) is 150 Å². The Morgan fingerprint density at radius 1 is 0.760 bits per heavy atom. The normalized spacial score (nSPS) is 11.5. The molecule has 0 aliphatic carbocycles. The summed E-state index contributed by atoms with van der Waals surface area (Å²) in [5.41, 5.74) is 2.41. The average molecular weight is 729 g/mol. The molecule has 0 saturated carbocycles. The second-order valence-electron chi connectivity index (χ2n) is 11.2. The van der Waals surface area contributed by atoms with Gasteiger partial charge in [-0.15, -0.1) is 5.10 Å². The molecule has 6 aromatic rings. The van der Waals surface area contributed by atoms with Gasteiger partial charge in [0.15, 0.2) is 5.82 Å². The fraction of sp³-hybridized carbons (Fsp3) is 0.0513. The SMILES string of the molecule is O=C(O)C(=Cc1ncn(C(c2ccccc2)(c2ccccc2)c2ccccc2)n1)NC(=O)c1ccc(C(=O)NCc2cccc(O)c2)cc1Br. The number of halogens is 1. The van der Waals surface area contributed by atoms with E-state index in [0.717, 1.165) is 16.7 Å². The van der Waals surface area contributed by atoms with Crippen molar-refractivity contribution in [1.29, 1.82) is 0 Å². The summed E-state index contributed by atoms with van der Waals surface area (Å²) in [5, 5.41) is 29.7. The first-order valence-electron chi connectivity index (χ1n) is 15.5. The van der Waals surface area contributed by atoms with Crippen molar-refractivity contribution < 1.29 is 24.6 Å². The number of carbonyl (C=O) groups is 3. The number of benzene rings is 5. The lowest BCUT2D eigenvalue weighted by Gasteiger charge is -2.35. The van der Waals surface area contributed by atoms with E-state index < -0.39 is 29.0 Å². The van der Waals surface area contributed by atoms with Gasteiger partial charge in [-0.25, -0.2) is 14.5 Å². The molecule has 1 heterocycles. The fourth-order valence-electron chi connectivity index (χ4n) is 5.70. The third kappa shape index (κ3) is 7.08. The highest BCUT2D eigenvalue weighted by Crippen LogP contribution is 2.40. The third-order valence-electron chi connectivity index (χ3n) is 8.02. The number of amides is 2. The lowest BCUT2D eigenvalue weighted by Crippen LogP contribution is -2.38. The van der Waals surface area contributed by atoms with Crippen LogP contribution < -0.4 is 10.6 Å². The van der Waals surface area contributed by atoms with Crippen LogP contribution in [0.25, 0.3) is 6.08 Å². The molecule has 5 aromatic carbocycles. The summed E-state index contributed by atoms with van der Waals surface area (Å²) in [6.07, 6.45) is 2.74. The molecule has 0 aliphatic heterocycles. The summed E-state index contributed by atoms with van der Waals surface area (Å²) >= 11 is 3.34. The number of rotatable bonds is 11. The molecule has 0 fully saturated rings. The van der Waals surface area contributed by atoms with E-state index in [4.69, 9.17) is 5.10 Å². The van der Waals surface area contributed by atoms with Crippen molar-refractivity contribution in [3.8, 4) is 5.75 Å². The summed E-state index contributed by atoms with van der Waals surface area (Å²) in [4.78, 5) is 42.8. The summed E-state index contributed by atoms with van der Waals surface area (Å²) in [7, 11) is 0. The molecule has 0 saturated heterocycles. The second-order valence-corrected chi connectivity index (χ2v) is 12.1. The van der Waals surface area contributed by atoms with Gasteiger partial charge in [-0.3, -0.25) is 9.59 Å². The largest absolute Gasteiger partial charge is 0.508 e. The highest BCUT2D eigenvalue weighted by atomic mass is 79.9. The molecule has 0 unspecified atom stereocenters. The van der Waals surface area contributed by atoms with Crippen LogP contribution in [0.1, 0.15) is 48.8 Å².